The van der Waals surface area contributed by atoms with E-state index in [1.54, 1.807) is 40.1 Å². The Labute approximate surface area is 338 Å². The van der Waals surface area contributed by atoms with Gasteiger partial charge in [0.25, 0.3) is 5.91 Å². The molecule has 0 aliphatic carbocycles. The Morgan fingerprint density at radius 2 is 1.79 bits per heavy atom. The highest BCUT2D eigenvalue weighted by Crippen LogP contribution is 2.31. The van der Waals surface area contributed by atoms with Gasteiger partial charge in [0.2, 0.25) is 17.7 Å². The van der Waals surface area contributed by atoms with Gasteiger partial charge >= 0.3 is 6.03 Å². The maximum absolute atomic E-state index is 13.1. The zero-order valence-corrected chi connectivity index (χ0v) is 33.1. The SMILES string of the molecule is CC(C)c1c(NC(=O)Nc2ccc(-c3nnc(CCCCCC(=O)N4CCN(c5ccc6c(c5)CN(C5CCC(=O)NC5=O)C6=O)CC4)s3)nc2)cnc2ccnn12. The molecule has 58 heavy (non-hydrogen) atoms. The first-order chi connectivity index (χ1) is 28.1. The second kappa shape index (κ2) is 16.7. The molecule has 3 aliphatic heterocycles. The number of urea groups is 1. The lowest BCUT2D eigenvalue weighted by atomic mass is 10.0. The number of hydrogen-bond acceptors (Lipinski definition) is 12. The van der Waals surface area contributed by atoms with Crippen molar-refractivity contribution in [1.82, 2.24) is 44.9 Å². The molecule has 8 rings (SSSR count). The Morgan fingerprint density at radius 3 is 2.57 bits per heavy atom. The molecule has 1 atom stereocenters. The van der Waals surface area contributed by atoms with Crippen molar-refractivity contribution < 1.29 is 24.0 Å². The summed E-state index contributed by atoms with van der Waals surface area (Å²) in [5, 5.41) is 22.7. The number of amides is 6. The van der Waals surface area contributed by atoms with E-state index in [0.29, 0.717) is 78.9 Å². The maximum atomic E-state index is 13.1. The van der Waals surface area contributed by atoms with E-state index in [1.165, 1.54) is 11.3 Å². The Bertz CT molecular complexity index is 2370. The fourth-order valence-electron chi connectivity index (χ4n) is 7.74. The molecule has 2 saturated heterocycles. The van der Waals surface area contributed by atoms with Crippen LogP contribution < -0.4 is 20.9 Å². The van der Waals surface area contributed by atoms with Gasteiger partial charge in [0, 0.05) is 69.3 Å². The third kappa shape index (κ3) is 8.23. The first-order valence-electron chi connectivity index (χ1n) is 19.6. The molecule has 0 saturated carbocycles. The zero-order valence-electron chi connectivity index (χ0n) is 32.3. The number of nitrogens with one attached hydrogen (secondary N) is 3. The fourth-order valence-corrected chi connectivity index (χ4v) is 8.60. The predicted octanol–water partition coefficient (Wildman–Crippen LogP) is 4.62. The van der Waals surface area contributed by atoms with Gasteiger partial charge in [-0.05, 0) is 61.1 Å². The summed E-state index contributed by atoms with van der Waals surface area (Å²) in [7, 11) is 0. The number of imide groups is 1. The number of anilines is 3. The fraction of sp³-hybridized carbons (Fsp3) is 0.400. The second-order valence-corrected chi connectivity index (χ2v) is 16.1. The Balaban J connectivity index is 0.742. The number of pyridine rings is 1. The van der Waals surface area contributed by atoms with Gasteiger partial charge in [-0.25, -0.2) is 14.3 Å². The zero-order chi connectivity index (χ0) is 40.3. The Morgan fingerprint density at radius 1 is 0.948 bits per heavy atom. The van der Waals surface area contributed by atoms with E-state index in [2.05, 4.69) is 46.1 Å². The molecule has 5 aromatic rings. The van der Waals surface area contributed by atoms with Crippen LogP contribution in [-0.2, 0) is 27.3 Å². The molecule has 1 aromatic carbocycles. The highest BCUT2D eigenvalue weighted by atomic mass is 32.1. The van der Waals surface area contributed by atoms with Gasteiger partial charge in [-0.1, -0.05) is 31.6 Å². The van der Waals surface area contributed by atoms with E-state index < -0.39 is 18.0 Å². The molecule has 0 bridgehead atoms. The van der Waals surface area contributed by atoms with E-state index in [0.717, 1.165) is 47.6 Å². The van der Waals surface area contributed by atoms with Crippen molar-refractivity contribution in [3.8, 4) is 10.7 Å². The van der Waals surface area contributed by atoms with Crippen LogP contribution in [0.15, 0.2) is 55.0 Å². The van der Waals surface area contributed by atoms with Gasteiger partial charge in [0.15, 0.2) is 10.7 Å². The lowest BCUT2D eigenvalue weighted by molar-refractivity contribution is -0.137. The third-order valence-corrected chi connectivity index (χ3v) is 11.7. The molecular weight excluding hydrogens is 761 g/mol. The van der Waals surface area contributed by atoms with E-state index in [1.807, 2.05) is 43.0 Å². The minimum Gasteiger partial charge on any atom is -0.368 e. The molecule has 300 valence electrons. The molecule has 3 N–H and O–H groups in total. The van der Waals surface area contributed by atoms with Crippen LogP contribution in [0, 0.1) is 0 Å². The summed E-state index contributed by atoms with van der Waals surface area (Å²) in [6, 6.07) is 10.1. The number of carbonyl (C=O) groups excluding carboxylic acids is 5. The smallest absolute Gasteiger partial charge is 0.323 e. The summed E-state index contributed by atoms with van der Waals surface area (Å²) in [6.45, 7) is 7.04. The Hall–Kier alpha value is -6.30. The number of hydrogen-bond donors (Lipinski definition) is 3. The van der Waals surface area contributed by atoms with Crippen molar-refractivity contribution in [3.63, 3.8) is 0 Å². The molecule has 0 radical (unpaired) electrons. The van der Waals surface area contributed by atoms with Crippen LogP contribution in [0.25, 0.3) is 16.3 Å². The van der Waals surface area contributed by atoms with E-state index in [9.17, 15) is 24.0 Å². The van der Waals surface area contributed by atoms with Crippen molar-refractivity contribution in [3.05, 3.63) is 76.8 Å². The van der Waals surface area contributed by atoms with E-state index >= 15 is 0 Å². The van der Waals surface area contributed by atoms with Gasteiger partial charge < -0.3 is 25.3 Å². The number of rotatable bonds is 12. The van der Waals surface area contributed by atoms with Crippen LogP contribution in [0.5, 0.6) is 0 Å². The topological polar surface area (TPSA) is 200 Å². The van der Waals surface area contributed by atoms with Gasteiger partial charge in [0.05, 0.1) is 35.7 Å². The first-order valence-corrected chi connectivity index (χ1v) is 20.4. The highest BCUT2D eigenvalue weighted by Gasteiger charge is 2.39. The van der Waals surface area contributed by atoms with Crippen molar-refractivity contribution in [1.29, 1.82) is 0 Å². The Kier molecular flexibility index (Phi) is 11.1. The number of benzene rings is 1. The van der Waals surface area contributed by atoms with Gasteiger partial charge in [0.1, 0.15) is 16.7 Å². The summed E-state index contributed by atoms with van der Waals surface area (Å²) >= 11 is 1.49. The molecular formula is C40H44N12O5S. The van der Waals surface area contributed by atoms with Crippen LogP contribution in [0.1, 0.15) is 84.9 Å². The van der Waals surface area contributed by atoms with Crippen LogP contribution in [0.4, 0.5) is 21.9 Å². The summed E-state index contributed by atoms with van der Waals surface area (Å²) in [6.07, 6.45) is 9.30. The van der Waals surface area contributed by atoms with E-state index in [4.69, 9.17) is 0 Å². The van der Waals surface area contributed by atoms with Crippen molar-refractivity contribution >= 4 is 63.7 Å². The summed E-state index contributed by atoms with van der Waals surface area (Å²) in [5.41, 5.74) is 5.79. The second-order valence-electron chi connectivity index (χ2n) is 15.0. The molecule has 4 aromatic heterocycles. The number of carbonyl (C=O) groups is 5. The summed E-state index contributed by atoms with van der Waals surface area (Å²) < 4.78 is 1.73. The lowest BCUT2D eigenvalue weighted by Gasteiger charge is -2.36. The number of fused-ring (bicyclic) bond motifs is 2. The average Bonchev–Trinajstić information content (AvgIpc) is 3.97. The molecule has 6 amide bonds. The minimum absolute atomic E-state index is 0.104. The molecule has 17 nitrogen and oxygen atoms in total. The van der Waals surface area contributed by atoms with Crippen LogP contribution in [0.3, 0.4) is 0 Å². The lowest BCUT2D eigenvalue weighted by Crippen LogP contribution is -2.52. The quantitative estimate of drug-likeness (QED) is 0.117. The molecule has 7 heterocycles. The van der Waals surface area contributed by atoms with E-state index in [-0.39, 0.29) is 30.1 Å². The minimum atomic E-state index is -0.637. The molecule has 0 spiro atoms. The largest absolute Gasteiger partial charge is 0.368 e. The normalized spacial score (nSPS) is 16.9. The first kappa shape index (κ1) is 38.6. The molecule has 2 fully saturated rings. The number of nitrogens with zero attached hydrogens (tertiary/aromatic N) is 9. The monoisotopic (exact) mass is 804 g/mol. The molecule has 18 heteroatoms. The van der Waals surface area contributed by atoms with Gasteiger partial charge in [-0.3, -0.25) is 29.5 Å². The number of aryl methyl sites for hydroxylation is 1. The average molecular weight is 805 g/mol. The van der Waals surface area contributed by atoms with Crippen molar-refractivity contribution in [2.45, 2.75) is 77.3 Å². The highest BCUT2D eigenvalue weighted by molar-refractivity contribution is 7.14. The number of aromatic nitrogens is 6. The number of piperidine rings is 1. The summed E-state index contributed by atoms with van der Waals surface area (Å²) in [4.78, 5) is 77.5. The predicted molar refractivity (Wildman–Crippen MR) is 216 cm³/mol. The maximum Gasteiger partial charge on any atom is 0.323 e. The van der Waals surface area contributed by atoms with Gasteiger partial charge in [-0.2, -0.15) is 5.10 Å². The van der Waals surface area contributed by atoms with Crippen LogP contribution in [-0.4, -0.2) is 101 Å². The molecule has 1 unspecified atom stereocenters. The van der Waals surface area contributed by atoms with Crippen LogP contribution in [0.2, 0.25) is 0 Å². The standard InChI is InChI=1S/C40H44N12O5S/c1-24(2)36-30(22-42-32-14-15-43-52(32)36)45-40(57)44-26-8-11-29(41-21-26)38-48-47-34(58-38)6-4-3-5-7-35(54)50-18-16-49(17-19-50)27-9-10-28-25(20-27)23-51(39(28)56)31-12-13-33(53)46-37(31)55/h8-11,14-15,20-22,24,31H,3-7,12-13,16-19,23H2,1-2H3,(H2,44,45,57)(H,46,53,55). The van der Waals surface area contributed by atoms with Crippen LogP contribution >= 0.6 is 11.3 Å². The number of piperazine rings is 1. The van der Waals surface area contributed by atoms with Crippen molar-refractivity contribution in [2.24, 2.45) is 0 Å². The molecule has 3 aliphatic rings. The summed E-state index contributed by atoms with van der Waals surface area (Å²) in [5.74, 6) is -0.639. The number of unbranched alkanes of at least 4 members (excludes halogenated alkanes) is 2. The van der Waals surface area contributed by atoms with Crippen molar-refractivity contribution in [2.75, 3.05) is 41.7 Å². The van der Waals surface area contributed by atoms with Gasteiger partial charge in [-0.15, -0.1) is 10.2 Å². The third-order valence-electron chi connectivity index (χ3n) is 10.7.